The van der Waals surface area contributed by atoms with Gasteiger partial charge in [0.05, 0.1) is 11.6 Å². The number of carbonyl (C=O) groups excluding carboxylic acids is 2. The van der Waals surface area contributed by atoms with Crippen LogP contribution < -0.4 is 5.32 Å². The monoisotopic (exact) mass is 360 g/mol. The van der Waals surface area contributed by atoms with Crippen molar-refractivity contribution >= 4 is 22.6 Å². The Kier molecular flexibility index (Phi) is 4.54. The molecule has 2 amide bonds. The molecule has 6 heteroatoms. The summed E-state index contributed by atoms with van der Waals surface area (Å²) >= 11 is 0. The van der Waals surface area contributed by atoms with E-state index < -0.39 is 0 Å². The van der Waals surface area contributed by atoms with Crippen LogP contribution in [0.2, 0.25) is 0 Å². The third-order valence-corrected chi connectivity index (χ3v) is 5.10. The predicted molar refractivity (Wildman–Crippen MR) is 102 cm³/mol. The van der Waals surface area contributed by atoms with Gasteiger partial charge in [-0.05, 0) is 42.5 Å². The molecule has 4 rings (SSSR count). The van der Waals surface area contributed by atoms with E-state index in [9.17, 15) is 9.59 Å². The number of pyridine rings is 2. The van der Waals surface area contributed by atoms with Crippen molar-refractivity contribution in [2.75, 3.05) is 13.1 Å². The van der Waals surface area contributed by atoms with Crippen LogP contribution in [-0.4, -0.2) is 45.8 Å². The predicted octanol–water partition coefficient (Wildman–Crippen LogP) is 2.58. The van der Waals surface area contributed by atoms with Crippen LogP contribution in [0.3, 0.4) is 0 Å². The molecule has 1 unspecified atom stereocenters. The molecule has 1 aliphatic heterocycles. The molecule has 0 saturated carbocycles. The zero-order valence-electron chi connectivity index (χ0n) is 15.1. The highest BCUT2D eigenvalue weighted by Crippen LogP contribution is 2.22. The first-order valence-corrected chi connectivity index (χ1v) is 8.97. The third kappa shape index (κ3) is 3.26. The molecule has 136 valence electrons. The molecular formula is C21H20N4O2. The van der Waals surface area contributed by atoms with Gasteiger partial charge in [-0.3, -0.25) is 19.6 Å². The summed E-state index contributed by atoms with van der Waals surface area (Å²) in [6.45, 7) is 3.04. The maximum absolute atomic E-state index is 12.7. The van der Waals surface area contributed by atoms with E-state index in [0.717, 1.165) is 22.8 Å². The molecule has 0 radical (unpaired) electrons. The van der Waals surface area contributed by atoms with Gasteiger partial charge in [-0.2, -0.15) is 0 Å². The molecule has 3 heterocycles. The number of nitrogens with one attached hydrogen (secondary N) is 1. The second kappa shape index (κ2) is 7.15. The highest BCUT2D eigenvalue weighted by atomic mass is 16.2. The minimum absolute atomic E-state index is 0.0118. The number of carbonyl (C=O) groups is 2. The highest BCUT2D eigenvalue weighted by molar-refractivity contribution is 6.06. The summed E-state index contributed by atoms with van der Waals surface area (Å²) in [6.07, 6.45) is 7.59. The number of hydrogen-bond donors (Lipinski definition) is 1. The fraction of sp³-hybridized carbons (Fsp3) is 0.238. The zero-order chi connectivity index (χ0) is 18.8. The first-order chi connectivity index (χ1) is 13.1. The number of rotatable bonds is 4. The normalized spacial score (nSPS) is 16.0. The SMILES string of the molecule is Cc1ccncc1C(=O)N1CCC1CNC(=O)c1cccc2cnccc12. The Morgan fingerprint density at radius 2 is 1.93 bits per heavy atom. The summed E-state index contributed by atoms with van der Waals surface area (Å²) in [5.74, 6) is -0.161. The molecule has 1 aliphatic rings. The van der Waals surface area contributed by atoms with Crippen LogP contribution in [0, 0.1) is 6.92 Å². The van der Waals surface area contributed by atoms with Crippen molar-refractivity contribution < 1.29 is 9.59 Å². The molecule has 0 bridgehead atoms. The molecule has 1 N–H and O–H groups in total. The van der Waals surface area contributed by atoms with Crippen molar-refractivity contribution in [1.82, 2.24) is 20.2 Å². The van der Waals surface area contributed by atoms with Crippen molar-refractivity contribution in [2.45, 2.75) is 19.4 Å². The molecule has 6 nitrogen and oxygen atoms in total. The van der Waals surface area contributed by atoms with Gasteiger partial charge in [0.25, 0.3) is 11.8 Å². The van der Waals surface area contributed by atoms with Gasteiger partial charge in [-0.15, -0.1) is 0 Å². The molecule has 1 atom stereocenters. The topological polar surface area (TPSA) is 75.2 Å². The van der Waals surface area contributed by atoms with E-state index >= 15 is 0 Å². The van der Waals surface area contributed by atoms with E-state index in [1.54, 1.807) is 35.8 Å². The fourth-order valence-corrected chi connectivity index (χ4v) is 3.39. The minimum atomic E-state index is -0.136. The number of aryl methyl sites for hydroxylation is 1. The van der Waals surface area contributed by atoms with Gasteiger partial charge >= 0.3 is 0 Å². The van der Waals surface area contributed by atoms with Crippen LogP contribution in [-0.2, 0) is 0 Å². The molecule has 2 aromatic heterocycles. The molecule has 27 heavy (non-hydrogen) atoms. The number of nitrogens with zero attached hydrogens (tertiary/aromatic N) is 3. The lowest BCUT2D eigenvalue weighted by molar-refractivity contribution is 0.0454. The second-order valence-corrected chi connectivity index (χ2v) is 6.74. The van der Waals surface area contributed by atoms with Crippen molar-refractivity contribution in [3.8, 4) is 0 Å². The van der Waals surface area contributed by atoms with E-state index in [1.165, 1.54) is 0 Å². The van der Waals surface area contributed by atoms with Gasteiger partial charge in [0.2, 0.25) is 0 Å². The Morgan fingerprint density at radius 3 is 2.70 bits per heavy atom. The molecule has 1 aromatic carbocycles. The largest absolute Gasteiger partial charge is 0.350 e. The van der Waals surface area contributed by atoms with Gasteiger partial charge in [-0.25, -0.2) is 0 Å². The van der Waals surface area contributed by atoms with Gasteiger partial charge in [0, 0.05) is 48.8 Å². The molecular weight excluding hydrogens is 340 g/mol. The zero-order valence-corrected chi connectivity index (χ0v) is 15.1. The number of hydrogen-bond acceptors (Lipinski definition) is 4. The lowest BCUT2D eigenvalue weighted by Gasteiger charge is -2.41. The van der Waals surface area contributed by atoms with E-state index in [0.29, 0.717) is 24.2 Å². The number of benzene rings is 1. The maximum atomic E-state index is 12.7. The van der Waals surface area contributed by atoms with Crippen molar-refractivity contribution in [3.63, 3.8) is 0 Å². The Hall–Kier alpha value is -3.28. The number of amides is 2. The standard InChI is InChI=1S/C21H20N4O2/c1-14-5-8-23-13-19(14)21(27)25-10-7-16(25)12-24-20(26)18-4-2-3-15-11-22-9-6-17(15)18/h2-6,8-9,11,13,16H,7,10,12H2,1H3,(H,24,26). The van der Waals surface area contributed by atoms with Gasteiger partial charge in [0.15, 0.2) is 0 Å². The van der Waals surface area contributed by atoms with Crippen molar-refractivity contribution in [2.24, 2.45) is 0 Å². The highest BCUT2D eigenvalue weighted by Gasteiger charge is 2.33. The molecule has 1 saturated heterocycles. The number of fused-ring (bicyclic) bond motifs is 1. The van der Waals surface area contributed by atoms with Crippen LogP contribution in [0.5, 0.6) is 0 Å². The summed E-state index contributed by atoms with van der Waals surface area (Å²) in [7, 11) is 0. The third-order valence-electron chi connectivity index (χ3n) is 5.10. The summed E-state index contributed by atoms with van der Waals surface area (Å²) in [5.41, 5.74) is 2.15. The Morgan fingerprint density at radius 1 is 1.11 bits per heavy atom. The minimum Gasteiger partial charge on any atom is -0.350 e. The Labute approximate surface area is 157 Å². The van der Waals surface area contributed by atoms with Crippen LogP contribution in [0.15, 0.2) is 55.1 Å². The van der Waals surface area contributed by atoms with Gasteiger partial charge < -0.3 is 10.2 Å². The maximum Gasteiger partial charge on any atom is 0.256 e. The van der Waals surface area contributed by atoms with Crippen LogP contribution in [0.25, 0.3) is 10.8 Å². The number of aromatic nitrogens is 2. The van der Waals surface area contributed by atoms with Crippen molar-refractivity contribution in [3.05, 3.63) is 71.8 Å². The Bertz CT molecular complexity index is 1010. The van der Waals surface area contributed by atoms with E-state index in [1.807, 2.05) is 31.2 Å². The van der Waals surface area contributed by atoms with Crippen LogP contribution in [0.1, 0.15) is 32.7 Å². The fourth-order valence-electron chi connectivity index (χ4n) is 3.39. The second-order valence-electron chi connectivity index (χ2n) is 6.74. The van der Waals surface area contributed by atoms with Crippen molar-refractivity contribution in [1.29, 1.82) is 0 Å². The summed E-state index contributed by atoms with van der Waals surface area (Å²) in [5, 5.41) is 4.78. The van der Waals surface area contributed by atoms with Crippen LogP contribution >= 0.6 is 0 Å². The molecule has 0 spiro atoms. The summed E-state index contributed by atoms with van der Waals surface area (Å²) in [6, 6.07) is 9.27. The summed E-state index contributed by atoms with van der Waals surface area (Å²) in [4.78, 5) is 35.3. The summed E-state index contributed by atoms with van der Waals surface area (Å²) < 4.78 is 0. The lowest BCUT2D eigenvalue weighted by Crippen LogP contribution is -2.56. The van der Waals surface area contributed by atoms with E-state index in [4.69, 9.17) is 0 Å². The Balaban J connectivity index is 1.43. The molecule has 3 aromatic rings. The molecule has 0 aliphatic carbocycles. The first kappa shape index (κ1) is 17.1. The van der Waals surface area contributed by atoms with Gasteiger partial charge in [0.1, 0.15) is 0 Å². The first-order valence-electron chi connectivity index (χ1n) is 8.97. The van der Waals surface area contributed by atoms with E-state index in [2.05, 4.69) is 15.3 Å². The quantitative estimate of drug-likeness (QED) is 0.776. The average molecular weight is 360 g/mol. The van der Waals surface area contributed by atoms with E-state index in [-0.39, 0.29) is 17.9 Å². The smallest absolute Gasteiger partial charge is 0.256 e. The van der Waals surface area contributed by atoms with Crippen LogP contribution in [0.4, 0.5) is 0 Å². The molecule has 1 fully saturated rings. The average Bonchev–Trinajstić information content (AvgIpc) is 2.67. The number of likely N-dealkylation sites (tertiary alicyclic amines) is 1. The van der Waals surface area contributed by atoms with Gasteiger partial charge in [-0.1, -0.05) is 12.1 Å². The lowest BCUT2D eigenvalue weighted by atomic mass is 9.99.